The van der Waals surface area contributed by atoms with Crippen LogP contribution >= 0.6 is 11.3 Å². The van der Waals surface area contributed by atoms with Crippen LogP contribution in [0.5, 0.6) is 0 Å². The first-order valence-corrected chi connectivity index (χ1v) is 14.2. The van der Waals surface area contributed by atoms with Crippen molar-refractivity contribution in [2.45, 2.75) is 58.6 Å². The number of hydrazine groups is 1. The van der Waals surface area contributed by atoms with Crippen molar-refractivity contribution in [3.8, 4) is 10.6 Å². The van der Waals surface area contributed by atoms with Crippen LogP contribution in [0, 0.1) is 6.85 Å². The van der Waals surface area contributed by atoms with Crippen LogP contribution < -0.4 is 10.3 Å². The lowest BCUT2D eigenvalue weighted by Gasteiger charge is -2.35. The number of rotatable bonds is 8. The number of carbonyl (C=O) groups is 1. The first-order chi connectivity index (χ1) is 21.0. The van der Waals surface area contributed by atoms with E-state index in [1.807, 2.05) is 37.9 Å². The molecule has 0 unspecified atom stereocenters. The van der Waals surface area contributed by atoms with Crippen LogP contribution in [0.3, 0.4) is 0 Å². The van der Waals surface area contributed by atoms with Gasteiger partial charge in [0.25, 0.3) is 5.91 Å². The van der Waals surface area contributed by atoms with Gasteiger partial charge in [0.15, 0.2) is 0 Å². The summed E-state index contributed by atoms with van der Waals surface area (Å²) in [6.07, 6.45) is 6.80. The van der Waals surface area contributed by atoms with Crippen LogP contribution in [0.4, 0.5) is 11.8 Å². The Morgan fingerprint density at radius 2 is 1.95 bits per heavy atom. The van der Waals surface area contributed by atoms with E-state index in [4.69, 9.17) is 4.11 Å². The number of hydrogen-bond donors (Lipinski definition) is 1. The van der Waals surface area contributed by atoms with Gasteiger partial charge in [-0.3, -0.25) is 9.78 Å². The van der Waals surface area contributed by atoms with E-state index in [1.54, 1.807) is 59.4 Å². The van der Waals surface area contributed by atoms with Crippen LogP contribution in [-0.4, -0.2) is 52.6 Å². The lowest BCUT2D eigenvalue weighted by molar-refractivity contribution is 0.0710. The maximum absolute atomic E-state index is 14.4. The molecule has 0 bridgehead atoms. The Morgan fingerprint density at radius 1 is 1.12 bits per heavy atom. The van der Waals surface area contributed by atoms with Gasteiger partial charge < -0.3 is 5.32 Å². The van der Waals surface area contributed by atoms with Gasteiger partial charge in [-0.25, -0.2) is 25.0 Å². The lowest BCUT2D eigenvalue weighted by atomic mass is 10.1. The second-order valence-electron chi connectivity index (χ2n) is 10.9. The average molecular weight is 569 g/mol. The molecular formula is C30H31N9OS. The van der Waals surface area contributed by atoms with E-state index >= 15 is 0 Å². The zero-order valence-corrected chi connectivity index (χ0v) is 23.8. The number of benzene rings is 1. The Labute approximate surface area is 246 Å². The van der Waals surface area contributed by atoms with Crippen LogP contribution in [0.25, 0.3) is 21.5 Å². The number of anilines is 2. The monoisotopic (exact) mass is 568 g/mol. The molecule has 11 heteroatoms. The average Bonchev–Trinajstić information content (AvgIpc) is 3.66. The zero-order valence-electron chi connectivity index (χ0n) is 25.9. The van der Waals surface area contributed by atoms with Gasteiger partial charge in [-0.2, -0.15) is 0 Å². The summed E-state index contributed by atoms with van der Waals surface area (Å²) in [6, 6.07) is 12.3. The fourth-order valence-electron chi connectivity index (χ4n) is 4.45. The number of nitrogens with one attached hydrogen (secondary N) is 1. The molecule has 0 spiro atoms. The molecular weight excluding hydrogens is 534 g/mol. The zero-order chi connectivity index (χ0) is 31.1. The number of aromatic nitrogens is 6. The van der Waals surface area contributed by atoms with Gasteiger partial charge in [0.05, 0.1) is 23.8 Å². The number of fused-ring (bicyclic) bond motifs is 1. The third-order valence-corrected chi connectivity index (χ3v) is 7.18. The van der Waals surface area contributed by atoms with Crippen molar-refractivity contribution < 1.29 is 8.91 Å². The topological polar surface area (TPSA) is 113 Å². The molecule has 4 heterocycles. The van der Waals surface area contributed by atoms with Crippen molar-refractivity contribution in [3.63, 3.8) is 0 Å². The molecule has 1 N–H and O–H groups in total. The van der Waals surface area contributed by atoms with E-state index in [-0.39, 0.29) is 24.1 Å². The van der Waals surface area contributed by atoms with Crippen molar-refractivity contribution >= 4 is 39.9 Å². The summed E-state index contributed by atoms with van der Waals surface area (Å²) < 4.78 is 24.4. The van der Waals surface area contributed by atoms with E-state index in [0.717, 1.165) is 23.4 Å². The van der Waals surface area contributed by atoms with Gasteiger partial charge in [-0.15, -0.1) is 10.2 Å². The minimum absolute atomic E-state index is 0.0531. The second kappa shape index (κ2) is 10.8. The minimum Gasteiger partial charge on any atom is -0.365 e. The number of pyridine rings is 2. The van der Waals surface area contributed by atoms with E-state index < -0.39 is 12.4 Å². The van der Waals surface area contributed by atoms with Gasteiger partial charge in [-0.05, 0) is 88.5 Å². The molecule has 208 valence electrons. The summed E-state index contributed by atoms with van der Waals surface area (Å²) in [5, 5.41) is 16.0. The molecule has 5 aromatic rings. The molecule has 1 aromatic carbocycles. The van der Waals surface area contributed by atoms with Crippen LogP contribution in [-0.2, 0) is 6.54 Å². The summed E-state index contributed by atoms with van der Waals surface area (Å²) in [4.78, 5) is 32.6. The third-order valence-electron chi connectivity index (χ3n) is 6.44. The number of aryl methyl sites for hydroxylation is 1. The Balaban J connectivity index is 1.39. The van der Waals surface area contributed by atoms with Crippen LogP contribution in [0.15, 0.2) is 66.6 Å². The molecule has 0 radical (unpaired) electrons. The van der Waals surface area contributed by atoms with Crippen molar-refractivity contribution in [2.75, 3.05) is 10.3 Å². The molecule has 1 fully saturated rings. The second-order valence-corrected chi connectivity index (χ2v) is 11.8. The number of hydrogen-bond acceptors (Lipinski definition) is 10. The predicted molar refractivity (Wildman–Crippen MR) is 160 cm³/mol. The van der Waals surface area contributed by atoms with E-state index in [0.29, 0.717) is 33.9 Å². The van der Waals surface area contributed by atoms with Crippen LogP contribution in [0.2, 0.25) is 0 Å². The van der Waals surface area contributed by atoms with Gasteiger partial charge in [0, 0.05) is 44.8 Å². The minimum atomic E-state index is -2.40. The van der Waals surface area contributed by atoms with Gasteiger partial charge in [0.1, 0.15) is 16.3 Å². The fourth-order valence-corrected chi connectivity index (χ4v) is 4.99. The highest BCUT2D eigenvalue weighted by molar-refractivity contribution is 7.12. The summed E-state index contributed by atoms with van der Waals surface area (Å²) >= 11 is 1.42. The number of nitrogens with zero attached hydrogens (tertiary/aromatic N) is 8. The fraction of sp³-hybridized carbons (Fsp3) is 0.300. The highest BCUT2D eigenvalue weighted by Gasteiger charge is 2.38. The van der Waals surface area contributed by atoms with Gasteiger partial charge in [-0.1, -0.05) is 11.3 Å². The lowest BCUT2D eigenvalue weighted by Crippen LogP contribution is -2.48. The smallest absolute Gasteiger partial charge is 0.272 e. The molecule has 4 aromatic heterocycles. The molecule has 1 amide bonds. The van der Waals surface area contributed by atoms with E-state index in [9.17, 15) is 4.79 Å². The standard InChI is InChI=1S/C30H31N9OS/c1-19-14-22-15-20(7-11-25(22)35-26(19)36-30(2,3)4)28(40)38(39(24-9-10-24)29-31-12-5-13-32-29)17-23-8-6-21(16-33-23)27-37-34-18-41-27/h5-8,11-16,18,24H,9-10,17H2,1-4H3,(H,35,36)/i1D3. The Hall–Kier alpha value is -4.51. The van der Waals surface area contributed by atoms with Crippen LogP contribution in [0.1, 0.15) is 59.3 Å². The normalized spacial score (nSPS) is 14.7. The van der Waals surface area contributed by atoms with Crippen molar-refractivity contribution in [1.29, 1.82) is 0 Å². The number of amides is 1. The molecule has 0 atom stereocenters. The Morgan fingerprint density at radius 3 is 2.61 bits per heavy atom. The molecule has 0 aliphatic heterocycles. The molecule has 1 aliphatic rings. The Bertz CT molecular complexity index is 1770. The summed E-state index contributed by atoms with van der Waals surface area (Å²) in [6.45, 7) is 3.59. The highest BCUT2D eigenvalue weighted by atomic mass is 32.1. The van der Waals surface area contributed by atoms with Gasteiger partial charge in [0.2, 0.25) is 5.95 Å². The summed E-state index contributed by atoms with van der Waals surface area (Å²) in [5.74, 6) is 0.419. The van der Waals surface area contributed by atoms with Crippen molar-refractivity contribution in [2.24, 2.45) is 0 Å². The number of carbonyl (C=O) groups excluding carboxylic acids is 1. The molecule has 10 nitrogen and oxygen atoms in total. The van der Waals surface area contributed by atoms with E-state index in [2.05, 4.69) is 35.5 Å². The predicted octanol–water partition coefficient (Wildman–Crippen LogP) is 5.68. The molecule has 41 heavy (non-hydrogen) atoms. The first kappa shape index (κ1) is 23.2. The highest BCUT2D eigenvalue weighted by Crippen LogP contribution is 2.33. The van der Waals surface area contributed by atoms with Crippen molar-refractivity contribution in [3.05, 3.63) is 83.4 Å². The summed E-state index contributed by atoms with van der Waals surface area (Å²) in [5.41, 5.74) is 3.82. The maximum Gasteiger partial charge on any atom is 0.272 e. The van der Waals surface area contributed by atoms with E-state index in [1.165, 1.54) is 11.3 Å². The Kier molecular flexibility index (Phi) is 6.12. The van der Waals surface area contributed by atoms with Gasteiger partial charge >= 0.3 is 0 Å². The maximum atomic E-state index is 14.4. The molecule has 6 rings (SSSR count). The quantitative estimate of drug-likeness (QED) is 0.236. The summed E-state index contributed by atoms with van der Waals surface area (Å²) in [7, 11) is 0. The molecule has 1 aliphatic carbocycles. The SMILES string of the molecule is [2H]C([2H])([2H])c1cc2cc(C(=O)N(Cc3ccc(-c4nncs4)cn3)N(c3ncccn3)C3CC3)ccc2nc1NC(C)(C)C. The largest absolute Gasteiger partial charge is 0.365 e. The third kappa shape index (κ3) is 5.99. The molecule has 1 saturated carbocycles. The van der Waals surface area contributed by atoms with Crippen molar-refractivity contribution in [1.82, 2.24) is 35.1 Å². The molecule has 0 saturated heterocycles. The first-order valence-electron chi connectivity index (χ1n) is 14.8.